The summed E-state index contributed by atoms with van der Waals surface area (Å²) in [6.07, 6.45) is 4.65. The van der Waals surface area contributed by atoms with Crippen LogP contribution >= 0.6 is 0 Å². The van der Waals surface area contributed by atoms with E-state index in [0.29, 0.717) is 0 Å². The number of rotatable bonds is 4. The summed E-state index contributed by atoms with van der Waals surface area (Å²) in [7, 11) is 0. The first-order chi connectivity index (χ1) is 11.1. The molecule has 2 aromatic rings. The third-order valence-corrected chi connectivity index (χ3v) is 4.18. The van der Waals surface area contributed by atoms with Gasteiger partial charge in [0.25, 0.3) is 5.56 Å². The zero-order chi connectivity index (χ0) is 16.2. The molecule has 1 aliphatic rings. The van der Waals surface area contributed by atoms with Crippen LogP contribution < -0.4 is 16.6 Å². The van der Waals surface area contributed by atoms with Crippen LogP contribution in [0, 0.1) is 0 Å². The maximum atomic E-state index is 12.2. The molecule has 1 aliphatic carbocycles. The third-order valence-electron chi connectivity index (χ3n) is 4.18. The van der Waals surface area contributed by atoms with Gasteiger partial charge in [0.2, 0.25) is 5.91 Å². The minimum absolute atomic E-state index is 0.0414. The number of benzene rings is 1. The van der Waals surface area contributed by atoms with Gasteiger partial charge in [-0.25, -0.2) is 4.79 Å². The van der Waals surface area contributed by atoms with Gasteiger partial charge >= 0.3 is 5.69 Å². The Balaban J connectivity index is 1.62. The van der Waals surface area contributed by atoms with E-state index < -0.39 is 11.2 Å². The molecule has 0 saturated heterocycles. The molecule has 0 aliphatic heterocycles. The first-order valence-electron chi connectivity index (χ1n) is 7.80. The summed E-state index contributed by atoms with van der Waals surface area (Å²) in [6, 6.07) is 9.49. The summed E-state index contributed by atoms with van der Waals surface area (Å²) in [4.78, 5) is 36.9. The van der Waals surface area contributed by atoms with Gasteiger partial charge in [-0.3, -0.25) is 14.6 Å². The van der Waals surface area contributed by atoms with E-state index in [1.807, 2.05) is 12.1 Å². The molecule has 0 spiro atoms. The highest BCUT2D eigenvalue weighted by atomic mass is 16.2. The van der Waals surface area contributed by atoms with Crippen molar-refractivity contribution in [3.63, 3.8) is 0 Å². The fourth-order valence-corrected chi connectivity index (χ4v) is 3.01. The van der Waals surface area contributed by atoms with E-state index >= 15 is 0 Å². The molecule has 1 aromatic carbocycles. The first kappa shape index (κ1) is 15.3. The Morgan fingerprint density at radius 3 is 2.91 bits per heavy atom. The van der Waals surface area contributed by atoms with Crippen LogP contribution in [0.1, 0.15) is 36.4 Å². The number of aromatic nitrogens is 2. The molecule has 0 unspecified atom stereocenters. The largest absolute Gasteiger partial charge is 0.349 e. The van der Waals surface area contributed by atoms with Crippen molar-refractivity contribution in [1.29, 1.82) is 0 Å². The second-order valence-electron chi connectivity index (χ2n) is 5.76. The van der Waals surface area contributed by atoms with E-state index in [4.69, 9.17) is 0 Å². The molecule has 1 amide bonds. The molecule has 23 heavy (non-hydrogen) atoms. The number of hydrogen-bond donors (Lipinski definition) is 2. The Hall–Kier alpha value is -2.63. The smallest absolute Gasteiger partial charge is 0.328 e. The van der Waals surface area contributed by atoms with Crippen LogP contribution in [0.2, 0.25) is 0 Å². The zero-order valence-electron chi connectivity index (χ0n) is 12.7. The van der Waals surface area contributed by atoms with Crippen molar-refractivity contribution in [3.8, 4) is 0 Å². The highest BCUT2D eigenvalue weighted by molar-refractivity contribution is 5.76. The summed E-state index contributed by atoms with van der Waals surface area (Å²) in [5.41, 5.74) is 1.55. The predicted molar refractivity (Wildman–Crippen MR) is 86.2 cm³/mol. The van der Waals surface area contributed by atoms with Gasteiger partial charge in [0.15, 0.2) is 0 Å². The molecule has 0 bridgehead atoms. The number of carbonyl (C=O) groups excluding carboxylic acids is 1. The third kappa shape index (κ3) is 3.59. The summed E-state index contributed by atoms with van der Waals surface area (Å²) < 4.78 is 1.33. The molecule has 6 nitrogen and oxygen atoms in total. The van der Waals surface area contributed by atoms with E-state index in [-0.39, 0.29) is 24.9 Å². The second-order valence-corrected chi connectivity index (χ2v) is 5.76. The highest BCUT2D eigenvalue weighted by Gasteiger charge is 2.21. The Bertz CT molecular complexity index is 822. The van der Waals surface area contributed by atoms with E-state index in [0.717, 1.165) is 19.3 Å². The van der Waals surface area contributed by atoms with E-state index in [2.05, 4.69) is 22.4 Å². The average molecular weight is 313 g/mol. The normalized spacial score (nSPS) is 16.6. The summed E-state index contributed by atoms with van der Waals surface area (Å²) in [6.45, 7) is 0.246. The minimum atomic E-state index is -0.492. The van der Waals surface area contributed by atoms with E-state index in [1.54, 1.807) is 0 Å². The maximum Gasteiger partial charge on any atom is 0.328 e. The SMILES string of the molecule is O=C(CCn1ccc(=O)[nH]c1=O)N[C@H]1CCCc2ccccc21. The van der Waals surface area contributed by atoms with Crippen molar-refractivity contribution >= 4 is 5.91 Å². The van der Waals surface area contributed by atoms with E-state index in [1.165, 1.54) is 28.0 Å². The van der Waals surface area contributed by atoms with Crippen molar-refractivity contribution < 1.29 is 4.79 Å². The van der Waals surface area contributed by atoms with E-state index in [9.17, 15) is 14.4 Å². The molecule has 120 valence electrons. The van der Waals surface area contributed by atoms with Crippen LogP contribution in [-0.4, -0.2) is 15.5 Å². The lowest BCUT2D eigenvalue weighted by molar-refractivity contribution is -0.122. The summed E-state index contributed by atoms with van der Waals surface area (Å²) in [5, 5.41) is 3.05. The quantitative estimate of drug-likeness (QED) is 0.887. The molecule has 0 fully saturated rings. The standard InChI is InChI=1S/C17H19N3O3/c21-15(8-10-20-11-9-16(22)19-17(20)23)18-14-7-3-5-12-4-1-2-6-13(12)14/h1-2,4,6,9,11,14H,3,5,7-8,10H2,(H,18,21)(H,19,22,23)/t14-/m0/s1. The first-order valence-corrected chi connectivity index (χ1v) is 7.80. The Morgan fingerprint density at radius 1 is 1.26 bits per heavy atom. The van der Waals surface area contributed by atoms with Crippen molar-refractivity contribution in [2.75, 3.05) is 0 Å². The molecule has 0 radical (unpaired) electrons. The van der Waals surface area contributed by atoms with Gasteiger partial charge in [0.1, 0.15) is 0 Å². The number of carbonyl (C=O) groups is 1. The number of fused-ring (bicyclic) bond motifs is 1. The monoisotopic (exact) mass is 313 g/mol. The highest BCUT2D eigenvalue weighted by Crippen LogP contribution is 2.29. The van der Waals surface area contributed by atoms with Crippen molar-refractivity contribution in [2.45, 2.75) is 38.3 Å². The van der Waals surface area contributed by atoms with Crippen LogP contribution in [0.4, 0.5) is 0 Å². The molecule has 3 rings (SSSR count). The Labute approximate surface area is 133 Å². The van der Waals surface area contributed by atoms with Gasteiger partial charge in [-0.2, -0.15) is 0 Å². The predicted octanol–water partition coefficient (Wildman–Crippen LogP) is 1.12. The summed E-state index contributed by atoms with van der Waals surface area (Å²) >= 11 is 0. The molecule has 1 aromatic heterocycles. The van der Waals surface area contributed by atoms with Gasteiger partial charge in [0, 0.05) is 25.2 Å². The number of aryl methyl sites for hydroxylation is 2. The molecular weight excluding hydrogens is 294 g/mol. The van der Waals surface area contributed by atoms with Crippen molar-refractivity contribution in [2.24, 2.45) is 0 Å². The lowest BCUT2D eigenvalue weighted by atomic mass is 9.88. The van der Waals surface area contributed by atoms with Gasteiger partial charge < -0.3 is 9.88 Å². The van der Waals surface area contributed by atoms with Gasteiger partial charge in [-0.05, 0) is 30.4 Å². The van der Waals surface area contributed by atoms with Crippen molar-refractivity contribution in [3.05, 3.63) is 68.5 Å². The molecule has 6 heteroatoms. The second kappa shape index (κ2) is 6.64. The van der Waals surface area contributed by atoms with Gasteiger partial charge in [0.05, 0.1) is 6.04 Å². The molecule has 0 saturated carbocycles. The van der Waals surface area contributed by atoms with Crippen LogP contribution in [0.25, 0.3) is 0 Å². The fourth-order valence-electron chi connectivity index (χ4n) is 3.01. The lowest BCUT2D eigenvalue weighted by Crippen LogP contribution is -2.33. The van der Waals surface area contributed by atoms with Crippen LogP contribution in [0.3, 0.4) is 0 Å². The summed E-state index contributed by atoms with van der Waals surface area (Å²) in [5.74, 6) is -0.0928. The molecular formula is C17H19N3O3. The van der Waals surface area contributed by atoms with Crippen molar-refractivity contribution in [1.82, 2.24) is 14.9 Å². The molecule has 1 atom stereocenters. The topological polar surface area (TPSA) is 84.0 Å². The maximum absolute atomic E-state index is 12.2. The number of amides is 1. The number of nitrogens with one attached hydrogen (secondary N) is 2. The number of H-pyrrole nitrogens is 1. The van der Waals surface area contributed by atoms with Gasteiger partial charge in [-0.1, -0.05) is 24.3 Å². The Morgan fingerprint density at radius 2 is 2.09 bits per heavy atom. The van der Waals surface area contributed by atoms with Crippen LogP contribution in [-0.2, 0) is 17.8 Å². The number of aromatic amines is 1. The molecule has 2 N–H and O–H groups in total. The number of hydrogen-bond acceptors (Lipinski definition) is 3. The fraction of sp³-hybridized carbons (Fsp3) is 0.353. The Kier molecular flexibility index (Phi) is 4.41. The lowest BCUT2D eigenvalue weighted by Gasteiger charge is -2.26. The number of nitrogens with zero attached hydrogens (tertiary/aromatic N) is 1. The zero-order valence-corrected chi connectivity index (χ0v) is 12.7. The van der Waals surface area contributed by atoms with Crippen LogP contribution in [0.15, 0.2) is 46.1 Å². The average Bonchev–Trinajstić information content (AvgIpc) is 2.54. The molecule has 1 heterocycles. The van der Waals surface area contributed by atoms with Crippen LogP contribution in [0.5, 0.6) is 0 Å². The van der Waals surface area contributed by atoms with Gasteiger partial charge in [-0.15, -0.1) is 0 Å². The minimum Gasteiger partial charge on any atom is -0.349 e.